The first kappa shape index (κ1) is 12.6. The van der Waals surface area contributed by atoms with Crippen molar-refractivity contribution in [3.05, 3.63) is 35.8 Å². The van der Waals surface area contributed by atoms with E-state index in [1.165, 1.54) is 6.07 Å². The highest BCUT2D eigenvalue weighted by Crippen LogP contribution is 2.34. The van der Waals surface area contributed by atoms with E-state index in [1.54, 1.807) is 6.07 Å². The lowest BCUT2D eigenvalue weighted by molar-refractivity contribution is 0.375. The summed E-state index contributed by atoms with van der Waals surface area (Å²) in [6, 6.07) is 6.94. The SMILES string of the molecule is CC(Br)CC(C)(C)c1cc2cccc(F)c2o1. The first-order valence-corrected chi connectivity index (χ1v) is 6.64. The zero-order valence-corrected chi connectivity index (χ0v) is 11.8. The van der Waals surface area contributed by atoms with Crippen molar-refractivity contribution < 1.29 is 8.81 Å². The van der Waals surface area contributed by atoms with Crippen LogP contribution in [0, 0.1) is 5.82 Å². The third kappa shape index (κ3) is 2.54. The molecule has 0 fully saturated rings. The summed E-state index contributed by atoms with van der Waals surface area (Å²) in [6.07, 6.45) is 0.939. The van der Waals surface area contributed by atoms with E-state index in [1.807, 2.05) is 12.1 Å². The Balaban J connectivity index is 2.46. The number of hydrogen-bond donors (Lipinski definition) is 0. The van der Waals surface area contributed by atoms with Crippen LogP contribution in [0.5, 0.6) is 0 Å². The molecule has 2 rings (SSSR count). The number of furan rings is 1. The molecular formula is C14H16BrFO. The van der Waals surface area contributed by atoms with Gasteiger partial charge in [0, 0.05) is 15.6 Å². The van der Waals surface area contributed by atoms with Gasteiger partial charge >= 0.3 is 0 Å². The number of alkyl halides is 1. The Morgan fingerprint density at radius 1 is 1.41 bits per heavy atom. The van der Waals surface area contributed by atoms with Crippen molar-refractivity contribution in [2.24, 2.45) is 0 Å². The van der Waals surface area contributed by atoms with Gasteiger partial charge in [-0.2, -0.15) is 0 Å². The van der Waals surface area contributed by atoms with Gasteiger partial charge in [-0.15, -0.1) is 0 Å². The molecule has 3 heteroatoms. The number of hydrogen-bond acceptors (Lipinski definition) is 1. The van der Waals surface area contributed by atoms with Crippen molar-refractivity contribution in [1.82, 2.24) is 0 Å². The van der Waals surface area contributed by atoms with E-state index >= 15 is 0 Å². The zero-order chi connectivity index (χ0) is 12.6. The highest BCUT2D eigenvalue weighted by Gasteiger charge is 2.27. The number of fused-ring (bicyclic) bond motifs is 1. The van der Waals surface area contributed by atoms with E-state index in [0.717, 1.165) is 17.6 Å². The first-order valence-electron chi connectivity index (χ1n) is 5.73. The van der Waals surface area contributed by atoms with Crippen molar-refractivity contribution in [3.8, 4) is 0 Å². The lowest BCUT2D eigenvalue weighted by Gasteiger charge is -2.23. The van der Waals surface area contributed by atoms with Gasteiger partial charge in [0.25, 0.3) is 0 Å². The van der Waals surface area contributed by atoms with E-state index in [9.17, 15) is 4.39 Å². The Morgan fingerprint density at radius 2 is 2.12 bits per heavy atom. The smallest absolute Gasteiger partial charge is 0.169 e. The van der Waals surface area contributed by atoms with E-state index < -0.39 is 0 Å². The van der Waals surface area contributed by atoms with Gasteiger partial charge in [0.2, 0.25) is 0 Å². The number of para-hydroxylation sites is 1. The monoisotopic (exact) mass is 298 g/mol. The fraction of sp³-hybridized carbons (Fsp3) is 0.429. The lowest BCUT2D eigenvalue weighted by atomic mass is 9.85. The van der Waals surface area contributed by atoms with E-state index in [4.69, 9.17) is 4.42 Å². The van der Waals surface area contributed by atoms with Gasteiger partial charge < -0.3 is 4.42 Å². The second-order valence-electron chi connectivity index (χ2n) is 5.14. The standard InChI is InChI=1S/C14H16BrFO/c1-9(15)8-14(2,3)12-7-10-5-4-6-11(16)13(10)17-12/h4-7,9H,8H2,1-3H3. The molecule has 92 valence electrons. The van der Waals surface area contributed by atoms with Crippen LogP contribution >= 0.6 is 15.9 Å². The van der Waals surface area contributed by atoms with Crippen LogP contribution < -0.4 is 0 Å². The lowest BCUT2D eigenvalue weighted by Crippen LogP contribution is -2.19. The molecule has 1 aromatic carbocycles. The van der Waals surface area contributed by atoms with Crippen LogP contribution in [-0.4, -0.2) is 4.83 Å². The molecule has 0 spiro atoms. The minimum absolute atomic E-state index is 0.103. The summed E-state index contributed by atoms with van der Waals surface area (Å²) < 4.78 is 19.2. The van der Waals surface area contributed by atoms with Crippen molar-refractivity contribution in [2.75, 3.05) is 0 Å². The fourth-order valence-electron chi connectivity index (χ4n) is 2.16. The third-order valence-electron chi connectivity index (χ3n) is 2.95. The fourth-order valence-corrected chi connectivity index (χ4v) is 2.97. The van der Waals surface area contributed by atoms with Gasteiger partial charge in [0.15, 0.2) is 11.4 Å². The molecule has 0 saturated carbocycles. The number of rotatable bonds is 3. The van der Waals surface area contributed by atoms with Crippen molar-refractivity contribution >= 4 is 26.9 Å². The summed E-state index contributed by atoms with van der Waals surface area (Å²) in [5.74, 6) is 0.542. The summed E-state index contributed by atoms with van der Waals surface area (Å²) in [5, 5.41) is 0.829. The van der Waals surface area contributed by atoms with E-state index in [2.05, 4.69) is 36.7 Å². The molecule has 0 amide bonds. The molecule has 2 aromatic rings. The summed E-state index contributed by atoms with van der Waals surface area (Å²) in [4.78, 5) is 0.399. The second-order valence-corrected chi connectivity index (χ2v) is 6.70. The van der Waals surface area contributed by atoms with Gasteiger partial charge in [-0.25, -0.2) is 4.39 Å². The van der Waals surface area contributed by atoms with Crippen LogP contribution in [0.15, 0.2) is 28.7 Å². The predicted molar refractivity (Wildman–Crippen MR) is 72.2 cm³/mol. The largest absolute Gasteiger partial charge is 0.457 e. The van der Waals surface area contributed by atoms with Crippen LogP contribution in [0.1, 0.15) is 33.0 Å². The second kappa shape index (κ2) is 4.45. The molecule has 0 aliphatic heterocycles. The molecule has 0 bridgehead atoms. The summed E-state index contributed by atoms with van der Waals surface area (Å²) in [5.41, 5.74) is 0.256. The van der Waals surface area contributed by atoms with Crippen LogP contribution in [0.3, 0.4) is 0 Å². The van der Waals surface area contributed by atoms with Crippen molar-refractivity contribution in [1.29, 1.82) is 0 Å². The Bertz CT molecular complexity index is 528. The minimum atomic E-state index is -0.295. The Hall–Kier alpha value is -0.830. The van der Waals surface area contributed by atoms with Crippen molar-refractivity contribution in [3.63, 3.8) is 0 Å². The number of benzene rings is 1. The molecule has 0 saturated heterocycles. The average molecular weight is 299 g/mol. The Kier molecular flexibility index (Phi) is 3.30. The van der Waals surface area contributed by atoms with Gasteiger partial charge in [-0.1, -0.05) is 48.8 Å². The van der Waals surface area contributed by atoms with Crippen LogP contribution in [-0.2, 0) is 5.41 Å². The van der Waals surface area contributed by atoms with Crippen LogP contribution in [0.2, 0.25) is 0 Å². The molecule has 0 aliphatic rings. The van der Waals surface area contributed by atoms with Gasteiger partial charge in [0.05, 0.1) is 0 Å². The van der Waals surface area contributed by atoms with Gasteiger partial charge in [-0.3, -0.25) is 0 Å². The first-order chi connectivity index (χ1) is 7.90. The van der Waals surface area contributed by atoms with Crippen molar-refractivity contribution in [2.45, 2.75) is 37.4 Å². The highest BCUT2D eigenvalue weighted by atomic mass is 79.9. The third-order valence-corrected chi connectivity index (χ3v) is 3.28. The maximum Gasteiger partial charge on any atom is 0.169 e. The maximum atomic E-state index is 13.5. The van der Waals surface area contributed by atoms with E-state index in [-0.39, 0.29) is 11.2 Å². The van der Waals surface area contributed by atoms with E-state index in [0.29, 0.717) is 10.4 Å². The molecule has 1 aromatic heterocycles. The summed E-state index contributed by atoms with van der Waals surface area (Å²) in [7, 11) is 0. The van der Waals surface area contributed by atoms with Gasteiger partial charge in [-0.05, 0) is 18.6 Å². The molecule has 0 aliphatic carbocycles. The highest BCUT2D eigenvalue weighted by molar-refractivity contribution is 9.09. The Morgan fingerprint density at radius 3 is 2.71 bits per heavy atom. The normalized spacial score (nSPS) is 14.2. The molecule has 1 heterocycles. The molecular weight excluding hydrogens is 283 g/mol. The zero-order valence-electron chi connectivity index (χ0n) is 10.3. The predicted octanol–water partition coefficient (Wildman–Crippen LogP) is 5.02. The Labute approximate surface area is 109 Å². The molecule has 0 radical (unpaired) electrons. The summed E-state index contributed by atoms with van der Waals surface area (Å²) >= 11 is 3.55. The molecule has 1 atom stereocenters. The average Bonchev–Trinajstić information content (AvgIpc) is 2.61. The maximum absolute atomic E-state index is 13.5. The number of halogens is 2. The topological polar surface area (TPSA) is 13.1 Å². The molecule has 0 N–H and O–H groups in total. The van der Waals surface area contributed by atoms with Crippen LogP contribution in [0.4, 0.5) is 4.39 Å². The molecule has 1 nitrogen and oxygen atoms in total. The molecule has 1 unspecified atom stereocenters. The summed E-state index contributed by atoms with van der Waals surface area (Å²) in [6.45, 7) is 6.33. The minimum Gasteiger partial charge on any atom is -0.457 e. The van der Waals surface area contributed by atoms with Crippen LogP contribution in [0.25, 0.3) is 11.0 Å². The quantitative estimate of drug-likeness (QED) is 0.725. The van der Waals surface area contributed by atoms with Gasteiger partial charge in [0.1, 0.15) is 5.76 Å². The molecule has 17 heavy (non-hydrogen) atoms.